The third kappa shape index (κ3) is 3.24. The fourth-order valence-electron chi connectivity index (χ4n) is 4.11. The monoisotopic (exact) mass is 361 g/mol. The Labute approximate surface area is 160 Å². The Kier molecular flexibility index (Phi) is 4.71. The number of halogens is 1. The molecule has 0 spiro atoms. The lowest BCUT2D eigenvalue weighted by molar-refractivity contribution is 0.202. The van der Waals surface area contributed by atoms with E-state index in [1.54, 1.807) is 7.11 Å². The van der Waals surface area contributed by atoms with Gasteiger partial charge in [-0.3, -0.25) is 0 Å². The zero-order valence-corrected chi connectivity index (χ0v) is 15.9. The number of allylic oxidation sites excluding steroid dienone is 4. The summed E-state index contributed by atoms with van der Waals surface area (Å²) < 4.78 is 18.7. The topological polar surface area (TPSA) is 21.3 Å². The van der Waals surface area contributed by atoms with Crippen molar-refractivity contribution >= 4 is 11.1 Å². The van der Waals surface area contributed by atoms with Gasteiger partial charge < -0.3 is 10.1 Å². The Bertz CT molecular complexity index is 966. The minimum Gasteiger partial charge on any atom is -0.385 e. The van der Waals surface area contributed by atoms with Gasteiger partial charge in [-0.05, 0) is 58.9 Å². The van der Waals surface area contributed by atoms with Crippen LogP contribution in [0.25, 0.3) is 11.1 Å². The van der Waals surface area contributed by atoms with Crippen LogP contribution in [0.2, 0.25) is 0 Å². The summed E-state index contributed by atoms with van der Waals surface area (Å²) in [5, 5.41) is 3.55. The highest BCUT2D eigenvalue weighted by Crippen LogP contribution is 2.49. The molecule has 2 aliphatic carbocycles. The lowest BCUT2D eigenvalue weighted by Gasteiger charge is -2.23. The van der Waals surface area contributed by atoms with Crippen molar-refractivity contribution in [3.8, 4) is 0 Å². The zero-order chi connectivity index (χ0) is 19.0. The van der Waals surface area contributed by atoms with Crippen LogP contribution >= 0.6 is 0 Å². The van der Waals surface area contributed by atoms with Crippen molar-refractivity contribution in [2.45, 2.75) is 19.8 Å². The minimum atomic E-state index is -0.219. The van der Waals surface area contributed by atoms with Crippen LogP contribution in [0.4, 0.5) is 4.39 Å². The molecular formula is C24H24FNO. The highest BCUT2D eigenvalue weighted by atomic mass is 19.1. The molecule has 27 heavy (non-hydrogen) atoms. The van der Waals surface area contributed by atoms with Crippen molar-refractivity contribution < 1.29 is 9.13 Å². The molecule has 0 fully saturated rings. The summed E-state index contributed by atoms with van der Waals surface area (Å²) in [6.45, 7) is 7.89. The molecule has 3 heteroatoms. The molecule has 0 atom stereocenters. The SMILES string of the molecule is C=C1Cc2ccc(C)cc2C2=C1C(c1ccc(F)cc1)=C(NCCOC)C2. The molecule has 2 aromatic rings. The molecule has 0 aliphatic heterocycles. The molecule has 0 saturated heterocycles. The Morgan fingerprint density at radius 2 is 1.85 bits per heavy atom. The van der Waals surface area contributed by atoms with Gasteiger partial charge >= 0.3 is 0 Å². The van der Waals surface area contributed by atoms with Gasteiger partial charge in [-0.2, -0.15) is 0 Å². The molecule has 0 bridgehead atoms. The van der Waals surface area contributed by atoms with E-state index in [4.69, 9.17) is 4.74 Å². The van der Waals surface area contributed by atoms with Crippen LogP contribution in [-0.4, -0.2) is 20.3 Å². The maximum absolute atomic E-state index is 13.5. The first-order valence-electron chi connectivity index (χ1n) is 9.32. The van der Waals surface area contributed by atoms with Crippen LogP contribution in [0.1, 0.15) is 28.7 Å². The average Bonchev–Trinajstić information content (AvgIpc) is 3.04. The van der Waals surface area contributed by atoms with Gasteiger partial charge in [-0.25, -0.2) is 4.39 Å². The van der Waals surface area contributed by atoms with E-state index in [1.165, 1.54) is 45.7 Å². The van der Waals surface area contributed by atoms with Gasteiger partial charge in [0.05, 0.1) is 6.61 Å². The molecule has 0 amide bonds. The smallest absolute Gasteiger partial charge is 0.123 e. The van der Waals surface area contributed by atoms with Crippen LogP contribution in [0.3, 0.4) is 0 Å². The average molecular weight is 361 g/mol. The number of rotatable bonds is 5. The largest absolute Gasteiger partial charge is 0.385 e. The van der Waals surface area contributed by atoms with Gasteiger partial charge in [0.15, 0.2) is 0 Å². The van der Waals surface area contributed by atoms with E-state index >= 15 is 0 Å². The molecule has 0 radical (unpaired) electrons. The van der Waals surface area contributed by atoms with Crippen LogP contribution in [0, 0.1) is 12.7 Å². The van der Waals surface area contributed by atoms with Crippen molar-refractivity contribution in [1.29, 1.82) is 0 Å². The summed E-state index contributed by atoms with van der Waals surface area (Å²) in [6, 6.07) is 13.4. The fourth-order valence-corrected chi connectivity index (χ4v) is 4.11. The number of ether oxygens (including phenoxy) is 1. The van der Waals surface area contributed by atoms with Gasteiger partial charge in [0.25, 0.3) is 0 Å². The van der Waals surface area contributed by atoms with E-state index in [-0.39, 0.29) is 5.82 Å². The van der Waals surface area contributed by atoms with Crippen molar-refractivity contribution in [3.05, 3.63) is 94.0 Å². The maximum Gasteiger partial charge on any atom is 0.123 e. The normalized spacial score (nSPS) is 15.9. The number of hydrogen-bond acceptors (Lipinski definition) is 2. The molecule has 138 valence electrons. The first kappa shape index (κ1) is 17.7. The van der Waals surface area contributed by atoms with Crippen molar-refractivity contribution in [2.75, 3.05) is 20.3 Å². The summed E-state index contributed by atoms with van der Waals surface area (Å²) in [5.74, 6) is -0.219. The molecule has 0 unspecified atom stereocenters. The number of nitrogens with one attached hydrogen (secondary N) is 1. The lowest BCUT2D eigenvalue weighted by Crippen LogP contribution is -2.19. The predicted molar refractivity (Wildman–Crippen MR) is 109 cm³/mol. The molecule has 0 saturated carbocycles. The van der Waals surface area contributed by atoms with E-state index in [1.807, 2.05) is 12.1 Å². The van der Waals surface area contributed by atoms with E-state index in [0.29, 0.717) is 6.61 Å². The zero-order valence-electron chi connectivity index (χ0n) is 15.9. The second-order valence-electron chi connectivity index (χ2n) is 7.25. The molecular weight excluding hydrogens is 337 g/mol. The van der Waals surface area contributed by atoms with Crippen LogP contribution < -0.4 is 5.32 Å². The lowest BCUT2D eigenvalue weighted by atomic mass is 9.80. The second-order valence-corrected chi connectivity index (χ2v) is 7.25. The summed E-state index contributed by atoms with van der Waals surface area (Å²) in [4.78, 5) is 0. The third-order valence-electron chi connectivity index (χ3n) is 5.33. The van der Waals surface area contributed by atoms with Crippen molar-refractivity contribution in [3.63, 3.8) is 0 Å². The number of fused-ring (bicyclic) bond motifs is 2. The fraction of sp³-hybridized carbons (Fsp3) is 0.250. The van der Waals surface area contributed by atoms with Gasteiger partial charge in [0.2, 0.25) is 0 Å². The number of aryl methyl sites for hydroxylation is 1. The Balaban J connectivity index is 1.84. The van der Waals surface area contributed by atoms with Crippen molar-refractivity contribution in [2.24, 2.45) is 0 Å². The molecule has 2 nitrogen and oxygen atoms in total. The van der Waals surface area contributed by atoms with Gasteiger partial charge in [-0.1, -0.05) is 42.5 Å². The summed E-state index contributed by atoms with van der Waals surface area (Å²) >= 11 is 0. The first-order valence-corrected chi connectivity index (χ1v) is 9.32. The molecule has 2 aromatic carbocycles. The second kappa shape index (κ2) is 7.16. The van der Waals surface area contributed by atoms with Crippen LogP contribution in [0.15, 0.2) is 65.9 Å². The standard InChI is InChI=1S/C24H24FNO/c1-15-4-5-18-13-16(2)23-21(20(18)12-15)14-22(26-10-11-27-3)24(23)17-6-8-19(25)9-7-17/h4-9,12,26H,2,10-11,13-14H2,1,3H3. The summed E-state index contributed by atoms with van der Waals surface area (Å²) in [5.41, 5.74) is 10.9. The Morgan fingerprint density at radius 3 is 2.59 bits per heavy atom. The number of hydrogen-bond donors (Lipinski definition) is 1. The highest BCUT2D eigenvalue weighted by molar-refractivity contribution is 6.01. The predicted octanol–water partition coefficient (Wildman–Crippen LogP) is 5.05. The van der Waals surface area contributed by atoms with Gasteiger partial charge in [0.1, 0.15) is 5.82 Å². The van der Waals surface area contributed by atoms with E-state index in [0.717, 1.165) is 36.1 Å². The van der Waals surface area contributed by atoms with Crippen molar-refractivity contribution in [1.82, 2.24) is 5.32 Å². The molecule has 4 rings (SSSR count). The molecule has 0 heterocycles. The maximum atomic E-state index is 13.5. The molecule has 1 N–H and O–H groups in total. The van der Waals surface area contributed by atoms with Gasteiger partial charge in [0, 0.05) is 31.3 Å². The number of methoxy groups -OCH3 is 1. The van der Waals surface area contributed by atoms with Crippen LogP contribution in [0.5, 0.6) is 0 Å². The van der Waals surface area contributed by atoms with Gasteiger partial charge in [-0.15, -0.1) is 0 Å². The number of benzene rings is 2. The van der Waals surface area contributed by atoms with E-state index < -0.39 is 0 Å². The third-order valence-corrected chi connectivity index (χ3v) is 5.33. The molecule has 2 aliphatic rings. The Hall–Kier alpha value is -2.65. The summed E-state index contributed by atoms with van der Waals surface area (Å²) in [6.07, 6.45) is 1.69. The molecule has 0 aromatic heterocycles. The van der Waals surface area contributed by atoms with E-state index in [2.05, 4.69) is 37.0 Å². The quantitative estimate of drug-likeness (QED) is 0.753. The highest BCUT2D eigenvalue weighted by Gasteiger charge is 2.32. The van der Waals surface area contributed by atoms with Crippen LogP contribution in [-0.2, 0) is 11.2 Å². The minimum absolute atomic E-state index is 0.219. The van der Waals surface area contributed by atoms with E-state index in [9.17, 15) is 4.39 Å². The first-order chi connectivity index (χ1) is 13.1. The summed E-state index contributed by atoms with van der Waals surface area (Å²) in [7, 11) is 1.70. The Morgan fingerprint density at radius 1 is 1.07 bits per heavy atom.